The zero-order valence-electron chi connectivity index (χ0n) is 8.02. The molecule has 1 rings (SSSR count). The van der Waals surface area contributed by atoms with E-state index in [1.54, 1.807) is 32.4 Å². The molecule has 14 heavy (non-hydrogen) atoms. The number of methoxy groups -OCH3 is 2. The molecule has 76 valence electrons. The second-order valence-corrected chi connectivity index (χ2v) is 2.46. The molecule has 0 bridgehead atoms. The van der Waals surface area contributed by atoms with Gasteiger partial charge in [0.2, 0.25) is 0 Å². The van der Waals surface area contributed by atoms with Gasteiger partial charge in [0.25, 0.3) is 0 Å². The van der Waals surface area contributed by atoms with Gasteiger partial charge in [0.1, 0.15) is 17.8 Å². The van der Waals surface area contributed by atoms with Crippen molar-refractivity contribution in [3.63, 3.8) is 0 Å². The fourth-order valence-electron chi connectivity index (χ4n) is 0.970. The van der Waals surface area contributed by atoms with Gasteiger partial charge in [0.05, 0.1) is 19.9 Å². The maximum Gasteiger partial charge on any atom is 0.124 e. The fraction of sp³-hybridized carbons (Fsp3) is 0.222. The Morgan fingerprint density at radius 2 is 1.79 bits per heavy atom. The highest BCUT2D eigenvalue weighted by Gasteiger charge is 1.99. The van der Waals surface area contributed by atoms with E-state index in [-0.39, 0.29) is 0 Å². The van der Waals surface area contributed by atoms with Gasteiger partial charge in [-0.25, -0.2) is 4.99 Å². The van der Waals surface area contributed by atoms with Crippen LogP contribution in [0.3, 0.4) is 0 Å². The summed E-state index contributed by atoms with van der Waals surface area (Å²) in [6.07, 6.45) is 1.16. The molecule has 0 atom stereocenters. The summed E-state index contributed by atoms with van der Waals surface area (Å²) in [6, 6.07) is 5.18. The van der Waals surface area contributed by atoms with Gasteiger partial charge in [0.15, 0.2) is 0 Å². The van der Waals surface area contributed by atoms with Gasteiger partial charge in [-0.15, -0.1) is 0 Å². The Labute approximate surface area is 81.9 Å². The molecular weight excluding hydrogens is 184 g/mol. The molecule has 0 spiro atoms. The molecule has 5 heteroatoms. The summed E-state index contributed by atoms with van der Waals surface area (Å²) < 4.78 is 10.1. The highest BCUT2D eigenvalue weighted by molar-refractivity contribution is 5.62. The van der Waals surface area contributed by atoms with Crippen molar-refractivity contribution in [1.29, 1.82) is 0 Å². The predicted molar refractivity (Wildman–Crippen MR) is 52.6 cm³/mol. The summed E-state index contributed by atoms with van der Waals surface area (Å²) >= 11 is 0. The maximum atomic E-state index is 8.32. The minimum absolute atomic E-state index is 0.628. The van der Waals surface area contributed by atoms with Gasteiger partial charge in [-0.3, -0.25) is 10.7 Å². The maximum absolute atomic E-state index is 8.32. The molecule has 0 amide bonds. The molecule has 0 unspecified atom stereocenters. The Morgan fingerprint density at radius 3 is 2.21 bits per heavy atom. The minimum atomic E-state index is 0.628. The van der Waals surface area contributed by atoms with Crippen molar-refractivity contribution in [2.45, 2.75) is 0 Å². The lowest BCUT2D eigenvalue weighted by Gasteiger charge is -2.04. The molecule has 0 fully saturated rings. The van der Waals surface area contributed by atoms with Gasteiger partial charge < -0.3 is 9.47 Å². The molecule has 0 aromatic heterocycles. The number of ether oxygens (including phenoxy) is 2. The first-order valence-corrected chi connectivity index (χ1v) is 3.95. The molecule has 1 aromatic carbocycles. The third-order valence-corrected chi connectivity index (χ3v) is 1.61. The van der Waals surface area contributed by atoms with Crippen molar-refractivity contribution >= 4 is 12.0 Å². The number of rotatable bonds is 4. The highest BCUT2D eigenvalue weighted by Crippen LogP contribution is 2.27. The molecule has 0 heterocycles. The van der Waals surface area contributed by atoms with E-state index in [1.165, 1.54) is 0 Å². The van der Waals surface area contributed by atoms with Crippen LogP contribution in [0.4, 0.5) is 5.69 Å². The third kappa shape index (κ3) is 2.63. The van der Waals surface area contributed by atoms with Crippen LogP contribution in [-0.2, 0) is 0 Å². The van der Waals surface area contributed by atoms with E-state index in [0.717, 1.165) is 6.34 Å². The smallest absolute Gasteiger partial charge is 0.124 e. The Balaban J connectivity index is 2.98. The SMILES string of the molecule is COc1cc(N=CNO)cc(OC)c1. The number of nitrogens with zero attached hydrogens (tertiary/aromatic N) is 1. The lowest BCUT2D eigenvalue weighted by molar-refractivity contribution is 0.240. The molecule has 0 aliphatic carbocycles. The Morgan fingerprint density at radius 1 is 1.21 bits per heavy atom. The standard InChI is InChI=1S/C9H12N2O3/c1-13-8-3-7(10-6-11-12)4-9(5-8)14-2/h3-6,12H,1-2H3,(H,10,11). The van der Waals surface area contributed by atoms with E-state index < -0.39 is 0 Å². The van der Waals surface area contributed by atoms with E-state index in [1.807, 2.05) is 5.48 Å². The topological polar surface area (TPSA) is 63.1 Å². The monoisotopic (exact) mass is 196 g/mol. The molecular formula is C9H12N2O3. The Hall–Kier alpha value is -1.75. The van der Waals surface area contributed by atoms with Crippen molar-refractivity contribution in [1.82, 2.24) is 5.48 Å². The molecule has 0 aliphatic rings. The second-order valence-electron chi connectivity index (χ2n) is 2.46. The van der Waals surface area contributed by atoms with Crippen molar-refractivity contribution in [3.05, 3.63) is 18.2 Å². The van der Waals surface area contributed by atoms with E-state index in [0.29, 0.717) is 17.2 Å². The number of hydrogen-bond donors (Lipinski definition) is 2. The summed E-state index contributed by atoms with van der Waals surface area (Å²) in [4.78, 5) is 3.90. The normalized spacial score (nSPS) is 10.2. The quantitative estimate of drug-likeness (QED) is 0.433. The van der Waals surface area contributed by atoms with E-state index in [4.69, 9.17) is 14.7 Å². The highest BCUT2D eigenvalue weighted by atomic mass is 16.5. The van der Waals surface area contributed by atoms with Gasteiger partial charge in [-0.2, -0.15) is 0 Å². The Kier molecular flexibility index (Phi) is 3.75. The first-order valence-electron chi connectivity index (χ1n) is 3.95. The zero-order chi connectivity index (χ0) is 10.4. The number of hydroxylamine groups is 1. The molecule has 0 saturated carbocycles. The third-order valence-electron chi connectivity index (χ3n) is 1.61. The molecule has 1 aromatic rings. The second kappa shape index (κ2) is 5.08. The van der Waals surface area contributed by atoms with E-state index in [9.17, 15) is 0 Å². The lowest BCUT2D eigenvalue weighted by Crippen LogP contribution is -2.00. The molecule has 0 saturated heterocycles. The Bertz CT molecular complexity index is 304. The molecule has 2 N–H and O–H groups in total. The van der Waals surface area contributed by atoms with Crippen LogP contribution in [0, 0.1) is 0 Å². The minimum Gasteiger partial charge on any atom is -0.497 e. The van der Waals surface area contributed by atoms with Crippen molar-refractivity contribution in [2.75, 3.05) is 14.2 Å². The van der Waals surface area contributed by atoms with Crippen LogP contribution in [0.15, 0.2) is 23.2 Å². The number of hydrogen-bond acceptors (Lipinski definition) is 4. The van der Waals surface area contributed by atoms with Crippen LogP contribution in [0.25, 0.3) is 0 Å². The molecule has 0 aliphatic heterocycles. The summed E-state index contributed by atoms with van der Waals surface area (Å²) in [7, 11) is 3.12. The van der Waals surface area contributed by atoms with Crippen LogP contribution in [-0.4, -0.2) is 25.8 Å². The first-order chi connectivity index (χ1) is 6.80. The number of nitrogens with one attached hydrogen (secondary N) is 1. The average molecular weight is 196 g/mol. The van der Waals surface area contributed by atoms with Gasteiger partial charge in [-0.1, -0.05) is 0 Å². The fourth-order valence-corrected chi connectivity index (χ4v) is 0.970. The van der Waals surface area contributed by atoms with Crippen molar-refractivity contribution < 1.29 is 14.7 Å². The van der Waals surface area contributed by atoms with Crippen LogP contribution < -0.4 is 15.0 Å². The van der Waals surface area contributed by atoms with Gasteiger partial charge >= 0.3 is 0 Å². The van der Waals surface area contributed by atoms with Crippen LogP contribution in [0.2, 0.25) is 0 Å². The number of aliphatic imine (C=N–C) groups is 1. The summed E-state index contributed by atoms with van der Waals surface area (Å²) in [5.41, 5.74) is 2.45. The average Bonchev–Trinajstić information content (AvgIpc) is 2.25. The predicted octanol–water partition coefficient (Wildman–Crippen LogP) is 1.34. The lowest BCUT2D eigenvalue weighted by atomic mass is 10.3. The van der Waals surface area contributed by atoms with E-state index in [2.05, 4.69) is 4.99 Å². The van der Waals surface area contributed by atoms with Crippen LogP contribution >= 0.6 is 0 Å². The summed E-state index contributed by atoms with van der Waals surface area (Å²) in [5.74, 6) is 1.30. The van der Waals surface area contributed by atoms with E-state index >= 15 is 0 Å². The molecule has 0 radical (unpaired) electrons. The van der Waals surface area contributed by atoms with Crippen molar-refractivity contribution in [3.8, 4) is 11.5 Å². The summed E-state index contributed by atoms with van der Waals surface area (Å²) in [6.45, 7) is 0. The van der Waals surface area contributed by atoms with Crippen LogP contribution in [0.5, 0.6) is 11.5 Å². The van der Waals surface area contributed by atoms with Gasteiger partial charge in [-0.05, 0) is 0 Å². The zero-order valence-corrected chi connectivity index (χ0v) is 8.02. The summed E-state index contributed by atoms with van der Waals surface area (Å²) in [5, 5.41) is 8.32. The van der Waals surface area contributed by atoms with Crippen LogP contribution in [0.1, 0.15) is 0 Å². The molecule has 5 nitrogen and oxygen atoms in total. The number of benzene rings is 1. The largest absolute Gasteiger partial charge is 0.497 e. The van der Waals surface area contributed by atoms with Gasteiger partial charge in [0, 0.05) is 18.2 Å². The first kappa shape index (κ1) is 10.3. The van der Waals surface area contributed by atoms with Crippen molar-refractivity contribution in [2.24, 2.45) is 4.99 Å².